The molecule has 1 saturated heterocycles. The molecule has 20 heavy (non-hydrogen) atoms. The SMILES string of the molecule is C=CCN1CC[C@H]2c3cccc(C(=O)OC)c3CC[C@H]21. The monoisotopic (exact) mass is 271 g/mol. The average Bonchev–Trinajstić information content (AvgIpc) is 2.90. The van der Waals surface area contributed by atoms with Gasteiger partial charge in [-0.2, -0.15) is 0 Å². The molecule has 1 aromatic carbocycles. The maximum absolute atomic E-state index is 11.9. The van der Waals surface area contributed by atoms with Gasteiger partial charge in [0.2, 0.25) is 0 Å². The Morgan fingerprint density at radius 2 is 2.35 bits per heavy atom. The number of likely N-dealkylation sites (tertiary alicyclic amines) is 1. The van der Waals surface area contributed by atoms with Gasteiger partial charge >= 0.3 is 5.97 Å². The minimum atomic E-state index is -0.207. The van der Waals surface area contributed by atoms with E-state index in [-0.39, 0.29) is 5.97 Å². The van der Waals surface area contributed by atoms with E-state index in [4.69, 9.17) is 4.74 Å². The van der Waals surface area contributed by atoms with Gasteiger partial charge in [0.15, 0.2) is 0 Å². The standard InChI is InChI=1S/C17H21NO2/c1-3-10-18-11-9-14-12-5-4-6-15(17(19)20-2)13(12)7-8-16(14)18/h3-6,14,16H,1,7-11H2,2H3/t14-,16+/m0/s1. The third-order valence-corrected chi connectivity index (χ3v) is 4.73. The second-order valence-electron chi connectivity index (χ2n) is 5.65. The summed E-state index contributed by atoms with van der Waals surface area (Å²) in [5, 5.41) is 0. The van der Waals surface area contributed by atoms with Crippen LogP contribution in [0.25, 0.3) is 0 Å². The molecule has 1 heterocycles. The van der Waals surface area contributed by atoms with Gasteiger partial charge in [0, 0.05) is 18.5 Å². The van der Waals surface area contributed by atoms with Crippen LogP contribution in [-0.2, 0) is 11.2 Å². The van der Waals surface area contributed by atoms with Crippen molar-refractivity contribution in [1.29, 1.82) is 0 Å². The Hall–Kier alpha value is -1.61. The second kappa shape index (κ2) is 5.41. The molecule has 0 saturated carbocycles. The fraction of sp³-hybridized carbons (Fsp3) is 0.471. The van der Waals surface area contributed by atoms with Crippen molar-refractivity contribution in [3.05, 3.63) is 47.5 Å². The first-order chi connectivity index (χ1) is 9.76. The first-order valence-corrected chi connectivity index (χ1v) is 7.31. The predicted octanol–water partition coefficient (Wildman–Crippen LogP) is 2.76. The maximum Gasteiger partial charge on any atom is 0.338 e. The molecule has 1 aliphatic carbocycles. The molecule has 3 heteroatoms. The summed E-state index contributed by atoms with van der Waals surface area (Å²) in [6, 6.07) is 6.68. The quantitative estimate of drug-likeness (QED) is 0.625. The summed E-state index contributed by atoms with van der Waals surface area (Å²) >= 11 is 0. The smallest absolute Gasteiger partial charge is 0.338 e. The van der Waals surface area contributed by atoms with Crippen LogP contribution in [0.2, 0.25) is 0 Å². The van der Waals surface area contributed by atoms with E-state index >= 15 is 0 Å². The molecule has 3 nitrogen and oxygen atoms in total. The van der Waals surface area contributed by atoms with Crippen LogP contribution in [-0.4, -0.2) is 37.1 Å². The van der Waals surface area contributed by atoms with E-state index in [1.54, 1.807) is 0 Å². The van der Waals surface area contributed by atoms with Crippen molar-refractivity contribution in [2.24, 2.45) is 0 Å². The molecule has 0 spiro atoms. The van der Waals surface area contributed by atoms with Crippen molar-refractivity contribution in [3.8, 4) is 0 Å². The van der Waals surface area contributed by atoms with Gasteiger partial charge in [-0.3, -0.25) is 4.90 Å². The van der Waals surface area contributed by atoms with Crippen LogP contribution in [0, 0.1) is 0 Å². The van der Waals surface area contributed by atoms with Crippen molar-refractivity contribution >= 4 is 5.97 Å². The summed E-state index contributed by atoms with van der Waals surface area (Å²) < 4.78 is 4.91. The highest BCUT2D eigenvalue weighted by Crippen LogP contribution is 2.42. The molecular formula is C17H21NO2. The largest absolute Gasteiger partial charge is 0.465 e. The first-order valence-electron chi connectivity index (χ1n) is 7.31. The molecule has 1 aromatic rings. The normalized spacial score (nSPS) is 24.9. The lowest BCUT2D eigenvalue weighted by molar-refractivity contribution is 0.0598. The van der Waals surface area contributed by atoms with E-state index in [2.05, 4.69) is 17.5 Å². The zero-order valence-electron chi connectivity index (χ0n) is 12.0. The van der Waals surface area contributed by atoms with E-state index in [9.17, 15) is 4.79 Å². The Balaban J connectivity index is 1.95. The highest BCUT2D eigenvalue weighted by atomic mass is 16.5. The fourth-order valence-electron chi connectivity index (χ4n) is 3.88. The van der Waals surface area contributed by atoms with Gasteiger partial charge in [-0.05, 0) is 43.0 Å². The number of fused-ring (bicyclic) bond motifs is 3. The Morgan fingerprint density at radius 1 is 1.50 bits per heavy atom. The van der Waals surface area contributed by atoms with Gasteiger partial charge in [0.05, 0.1) is 12.7 Å². The van der Waals surface area contributed by atoms with Crippen LogP contribution < -0.4 is 0 Å². The van der Waals surface area contributed by atoms with Gasteiger partial charge in [-0.15, -0.1) is 6.58 Å². The molecule has 0 radical (unpaired) electrons. The lowest BCUT2D eigenvalue weighted by Gasteiger charge is -2.33. The van der Waals surface area contributed by atoms with E-state index in [0.717, 1.165) is 31.5 Å². The first kappa shape index (κ1) is 13.4. The molecule has 0 amide bonds. The van der Waals surface area contributed by atoms with Gasteiger partial charge in [-0.25, -0.2) is 4.79 Å². The third kappa shape index (κ3) is 2.06. The highest BCUT2D eigenvalue weighted by Gasteiger charge is 2.39. The topological polar surface area (TPSA) is 29.5 Å². The number of methoxy groups -OCH3 is 1. The molecule has 0 N–H and O–H groups in total. The summed E-state index contributed by atoms with van der Waals surface area (Å²) in [5.41, 5.74) is 3.32. The minimum absolute atomic E-state index is 0.207. The van der Waals surface area contributed by atoms with Crippen LogP contribution >= 0.6 is 0 Å². The number of carbonyl (C=O) groups is 1. The minimum Gasteiger partial charge on any atom is -0.465 e. The van der Waals surface area contributed by atoms with Crippen molar-refractivity contribution in [3.63, 3.8) is 0 Å². The summed E-state index contributed by atoms with van der Waals surface area (Å²) in [7, 11) is 1.45. The van der Waals surface area contributed by atoms with Gasteiger partial charge in [-0.1, -0.05) is 18.2 Å². The van der Waals surface area contributed by atoms with Crippen LogP contribution in [0.5, 0.6) is 0 Å². The number of nitrogens with zero attached hydrogens (tertiary/aromatic N) is 1. The lowest BCUT2D eigenvalue weighted by atomic mass is 9.78. The second-order valence-corrected chi connectivity index (χ2v) is 5.65. The Kier molecular flexibility index (Phi) is 3.62. The third-order valence-electron chi connectivity index (χ3n) is 4.73. The number of esters is 1. The number of hydrogen-bond acceptors (Lipinski definition) is 3. The number of ether oxygens (including phenoxy) is 1. The molecule has 0 unspecified atom stereocenters. The van der Waals surface area contributed by atoms with Crippen molar-refractivity contribution < 1.29 is 9.53 Å². The van der Waals surface area contributed by atoms with Crippen molar-refractivity contribution in [2.45, 2.75) is 31.2 Å². The van der Waals surface area contributed by atoms with Gasteiger partial charge in [0.25, 0.3) is 0 Å². The zero-order chi connectivity index (χ0) is 14.1. The van der Waals surface area contributed by atoms with Crippen molar-refractivity contribution in [1.82, 2.24) is 4.90 Å². The highest BCUT2D eigenvalue weighted by molar-refractivity contribution is 5.91. The van der Waals surface area contributed by atoms with Crippen LogP contribution in [0.1, 0.15) is 40.2 Å². The maximum atomic E-state index is 11.9. The number of benzene rings is 1. The number of carbonyl (C=O) groups excluding carboxylic acids is 1. The summed E-state index contributed by atoms with van der Waals surface area (Å²) in [5.74, 6) is 0.351. The Bertz CT molecular complexity index is 538. The summed E-state index contributed by atoms with van der Waals surface area (Å²) in [4.78, 5) is 14.4. The molecule has 0 bridgehead atoms. The van der Waals surface area contributed by atoms with E-state index < -0.39 is 0 Å². The van der Waals surface area contributed by atoms with Gasteiger partial charge < -0.3 is 4.74 Å². The predicted molar refractivity (Wildman–Crippen MR) is 79.0 cm³/mol. The fourth-order valence-corrected chi connectivity index (χ4v) is 3.88. The summed E-state index contributed by atoms with van der Waals surface area (Å²) in [6.45, 7) is 5.95. The zero-order valence-corrected chi connectivity index (χ0v) is 12.0. The molecule has 2 aliphatic rings. The summed E-state index contributed by atoms with van der Waals surface area (Å²) in [6.07, 6.45) is 5.26. The number of hydrogen-bond donors (Lipinski definition) is 0. The lowest BCUT2D eigenvalue weighted by Crippen LogP contribution is -2.35. The molecule has 2 atom stereocenters. The van der Waals surface area contributed by atoms with Crippen LogP contribution in [0.15, 0.2) is 30.9 Å². The molecule has 3 rings (SSSR count). The Morgan fingerprint density at radius 3 is 3.10 bits per heavy atom. The van der Waals surface area contributed by atoms with E-state index in [1.807, 2.05) is 18.2 Å². The van der Waals surface area contributed by atoms with E-state index in [0.29, 0.717) is 12.0 Å². The van der Waals surface area contributed by atoms with Crippen LogP contribution in [0.4, 0.5) is 0 Å². The average molecular weight is 271 g/mol. The molecule has 106 valence electrons. The van der Waals surface area contributed by atoms with E-state index in [1.165, 1.54) is 24.7 Å². The molecular weight excluding hydrogens is 250 g/mol. The number of rotatable bonds is 3. The van der Waals surface area contributed by atoms with Gasteiger partial charge in [0.1, 0.15) is 0 Å². The molecule has 1 aliphatic heterocycles. The molecule has 1 fully saturated rings. The Labute approximate surface area is 120 Å². The molecule has 0 aromatic heterocycles. The van der Waals surface area contributed by atoms with Crippen LogP contribution in [0.3, 0.4) is 0 Å². The van der Waals surface area contributed by atoms with Crippen molar-refractivity contribution in [2.75, 3.05) is 20.2 Å².